The predicted molar refractivity (Wildman–Crippen MR) is 148 cm³/mol. The third-order valence-electron chi connectivity index (χ3n) is 4.59. The highest BCUT2D eigenvalue weighted by Gasteiger charge is 2.13. The molecule has 0 amide bonds. The van der Waals surface area contributed by atoms with Crippen molar-refractivity contribution in [2.24, 2.45) is 0 Å². The molecule has 1 nitrogen and oxygen atoms in total. The monoisotopic (exact) mass is 487 g/mol. The van der Waals surface area contributed by atoms with Gasteiger partial charge in [-0.25, -0.2) is 0 Å². The van der Waals surface area contributed by atoms with E-state index in [0.29, 0.717) is 0 Å². The van der Waals surface area contributed by atoms with Crippen molar-refractivity contribution in [3.8, 4) is 0 Å². The Labute approximate surface area is 200 Å². The zero-order valence-corrected chi connectivity index (χ0v) is 21.9. The molecule has 0 aromatic heterocycles. The topological polar surface area (TPSA) is 3.24 Å². The average Bonchev–Trinajstić information content (AvgIpc) is 2.73. The van der Waals surface area contributed by atoms with Gasteiger partial charge in [0.2, 0.25) is 0 Å². The molecule has 1 atom stereocenters. The summed E-state index contributed by atoms with van der Waals surface area (Å²) >= 11 is 10.8. The highest BCUT2D eigenvalue weighted by atomic mass is 32.2. The molecule has 0 aliphatic carbocycles. The first-order valence-electron chi connectivity index (χ1n) is 10.6. The molecule has 2 rings (SSSR count). The van der Waals surface area contributed by atoms with Gasteiger partial charge >= 0.3 is 0 Å². The third-order valence-corrected chi connectivity index (χ3v) is 11.0. The van der Waals surface area contributed by atoms with Gasteiger partial charge in [-0.15, -0.1) is 0 Å². The van der Waals surface area contributed by atoms with Crippen LogP contribution in [0.5, 0.6) is 0 Å². The molecule has 0 radical (unpaired) electrons. The Morgan fingerprint density at radius 2 is 1.45 bits per heavy atom. The fourth-order valence-electron chi connectivity index (χ4n) is 3.07. The fraction of sp³-hybridized carbons (Fsp3) is 0.652. The van der Waals surface area contributed by atoms with Crippen molar-refractivity contribution in [3.63, 3.8) is 0 Å². The van der Waals surface area contributed by atoms with Crippen LogP contribution >= 0.6 is 58.8 Å². The summed E-state index contributed by atoms with van der Waals surface area (Å²) in [6, 6.07) is 8.82. The first-order valence-corrected chi connectivity index (χ1v) is 16.3. The summed E-state index contributed by atoms with van der Waals surface area (Å²) in [5.41, 5.74) is 2.59. The molecule has 1 fully saturated rings. The lowest BCUT2D eigenvalue weighted by molar-refractivity contribution is 0.332. The van der Waals surface area contributed by atoms with Crippen LogP contribution in [0.25, 0.3) is 6.08 Å². The molecule has 164 valence electrons. The number of nitrogens with zero attached hydrogens (tertiary/aromatic N) is 1. The van der Waals surface area contributed by atoms with E-state index in [1.54, 1.807) is 0 Å². The zero-order chi connectivity index (χ0) is 20.6. The molecule has 1 heterocycles. The van der Waals surface area contributed by atoms with E-state index >= 15 is 0 Å². The zero-order valence-electron chi connectivity index (χ0n) is 17.9. The molecule has 1 aliphatic heterocycles. The van der Waals surface area contributed by atoms with Crippen molar-refractivity contribution in [2.45, 2.75) is 24.6 Å². The smallest absolute Gasteiger partial charge is 0.0265 e. The second-order valence-electron chi connectivity index (χ2n) is 7.25. The molecule has 1 saturated heterocycles. The van der Waals surface area contributed by atoms with Crippen molar-refractivity contribution >= 4 is 64.9 Å². The second-order valence-corrected chi connectivity index (χ2v) is 13.5. The summed E-state index contributed by atoms with van der Waals surface area (Å²) in [7, 11) is 2.28. The predicted octanol–water partition coefficient (Wildman–Crippen LogP) is 6.59. The van der Waals surface area contributed by atoms with Gasteiger partial charge in [0.15, 0.2) is 0 Å². The van der Waals surface area contributed by atoms with Crippen LogP contribution < -0.4 is 0 Å². The Hall–Kier alpha value is 0.670. The first-order chi connectivity index (χ1) is 14.3. The lowest BCUT2D eigenvalue weighted by Gasteiger charge is -2.24. The normalized spacial score (nSPS) is 21.5. The van der Waals surface area contributed by atoms with Crippen molar-refractivity contribution in [1.29, 1.82) is 0 Å². The molecule has 6 heteroatoms. The van der Waals surface area contributed by atoms with Crippen LogP contribution in [0.2, 0.25) is 0 Å². The van der Waals surface area contributed by atoms with E-state index < -0.39 is 0 Å². The van der Waals surface area contributed by atoms with E-state index in [1.165, 1.54) is 82.3 Å². The Morgan fingerprint density at radius 3 is 2.10 bits per heavy atom. The standard InChI is InChI=1S/C23H37NS5/c1-3-21-6-8-22(9-7-21)18-24(2)19-23-20-28-12-4-10-25-14-16-27-17-15-26-11-5-13-29-23/h3,6-9,23H,1,4-5,10-20H2,2H3. The Kier molecular flexibility index (Phi) is 15.4. The molecule has 0 saturated carbocycles. The molecule has 1 aliphatic rings. The van der Waals surface area contributed by atoms with Crippen LogP contribution in [0, 0.1) is 0 Å². The van der Waals surface area contributed by atoms with E-state index in [1.807, 2.05) is 6.08 Å². The average molecular weight is 488 g/mol. The van der Waals surface area contributed by atoms with E-state index in [2.05, 4.69) is 102 Å². The van der Waals surface area contributed by atoms with Crippen molar-refractivity contribution in [2.75, 3.05) is 65.4 Å². The molecular formula is C23H37NS5. The molecular weight excluding hydrogens is 451 g/mol. The van der Waals surface area contributed by atoms with Gasteiger partial charge in [0, 0.05) is 47.1 Å². The fourth-order valence-corrected chi connectivity index (χ4v) is 9.19. The summed E-state index contributed by atoms with van der Waals surface area (Å²) in [6.45, 7) is 6.06. The van der Waals surface area contributed by atoms with E-state index in [4.69, 9.17) is 0 Å². The molecule has 1 aromatic carbocycles. The summed E-state index contributed by atoms with van der Waals surface area (Å²) in [4.78, 5) is 2.51. The number of hydrogen-bond donors (Lipinski definition) is 0. The second kappa shape index (κ2) is 17.3. The van der Waals surface area contributed by atoms with Crippen molar-refractivity contribution in [1.82, 2.24) is 4.90 Å². The maximum Gasteiger partial charge on any atom is 0.0265 e. The van der Waals surface area contributed by atoms with Gasteiger partial charge in [-0.3, -0.25) is 0 Å². The molecule has 0 N–H and O–H groups in total. The minimum Gasteiger partial charge on any atom is -0.301 e. The molecule has 29 heavy (non-hydrogen) atoms. The van der Waals surface area contributed by atoms with Gasteiger partial charge in [0.25, 0.3) is 0 Å². The van der Waals surface area contributed by atoms with Gasteiger partial charge in [-0.2, -0.15) is 58.8 Å². The Bertz CT molecular complexity index is 519. The van der Waals surface area contributed by atoms with Crippen molar-refractivity contribution in [3.05, 3.63) is 42.0 Å². The van der Waals surface area contributed by atoms with Crippen LogP contribution in [0.4, 0.5) is 0 Å². The first kappa shape index (κ1) is 25.9. The highest BCUT2D eigenvalue weighted by Crippen LogP contribution is 2.22. The SMILES string of the molecule is C=Cc1ccc(CN(C)CC2CSCCCSCCSCCSCCCS2)cc1. The third kappa shape index (κ3) is 13.0. The van der Waals surface area contributed by atoms with Gasteiger partial charge < -0.3 is 4.90 Å². The van der Waals surface area contributed by atoms with Gasteiger partial charge in [-0.05, 0) is 54.0 Å². The van der Waals surface area contributed by atoms with Crippen LogP contribution in [0.3, 0.4) is 0 Å². The number of benzene rings is 1. The minimum atomic E-state index is 0.737. The Balaban J connectivity index is 1.77. The number of thioether (sulfide) groups is 5. The maximum absolute atomic E-state index is 3.85. The minimum absolute atomic E-state index is 0.737. The van der Waals surface area contributed by atoms with E-state index in [-0.39, 0.29) is 0 Å². The lowest BCUT2D eigenvalue weighted by atomic mass is 10.1. The highest BCUT2D eigenvalue weighted by molar-refractivity contribution is 8.05. The molecule has 0 spiro atoms. The largest absolute Gasteiger partial charge is 0.301 e. The number of hydrogen-bond acceptors (Lipinski definition) is 6. The van der Waals surface area contributed by atoms with E-state index in [0.717, 1.165) is 11.8 Å². The van der Waals surface area contributed by atoms with Crippen LogP contribution in [-0.4, -0.2) is 75.5 Å². The Morgan fingerprint density at radius 1 is 0.862 bits per heavy atom. The lowest BCUT2D eigenvalue weighted by Crippen LogP contribution is -2.29. The summed E-state index contributed by atoms with van der Waals surface area (Å²) < 4.78 is 0. The van der Waals surface area contributed by atoms with Gasteiger partial charge in [0.05, 0.1) is 0 Å². The quantitative estimate of drug-likeness (QED) is 0.457. The van der Waals surface area contributed by atoms with Crippen LogP contribution in [0.15, 0.2) is 30.8 Å². The van der Waals surface area contributed by atoms with E-state index in [9.17, 15) is 0 Å². The molecule has 0 bridgehead atoms. The van der Waals surface area contributed by atoms with Crippen LogP contribution in [-0.2, 0) is 6.54 Å². The summed E-state index contributed by atoms with van der Waals surface area (Å²) in [5.74, 6) is 11.9. The summed E-state index contributed by atoms with van der Waals surface area (Å²) in [6.07, 6.45) is 4.63. The van der Waals surface area contributed by atoms with Crippen molar-refractivity contribution < 1.29 is 0 Å². The molecule has 1 aromatic rings. The van der Waals surface area contributed by atoms with Crippen LogP contribution in [0.1, 0.15) is 24.0 Å². The maximum atomic E-state index is 3.85. The van der Waals surface area contributed by atoms with Gasteiger partial charge in [0.1, 0.15) is 0 Å². The number of rotatable bonds is 5. The summed E-state index contributed by atoms with van der Waals surface area (Å²) in [5, 5.41) is 0.737. The van der Waals surface area contributed by atoms with Gasteiger partial charge in [-0.1, -0.05) is 36.9 Å². The molecule has 1 unspecified atom stereocenters.